The van der Waals surface area contributed by atoms with Gasteiger partial charge in [0.05, 0.1) is 11.6 Å². The van der Waals surface area contributed by atoms with Crippen LogP contribution < -0.4 is 15.6 Å². The minimum Gasteiger partial charge on any atom is -0.492 e. The number of H-pyrrole nitrogens is 1. The van der Waals surface area contributed by atoms with E-state index in [-0.39, 0.29) is 24.1 Å². The molecule has 6 nitrogen and oxygen atoms in total. The number of aliphatic hydroxyl groups excluding tert-OH is 1. The number of aliphatic hydroxyl groups is 1. The molecule has 1 atom stereocenters. The van der Waals surface area contributed by atoms with E-state index in [1.165, 1.54) is 0 Å². The highest BCUT2D eigenvalue weighted by Crippen LogP contribution is 2.38. The summed E-state index contributed by atoms with van der Waals surface area (Å²) < 4.78 is 5.72. The number of unbranched alkanes of at least 4 members (excludes halogenated alkanes) is 1. The molecule has 0 spiro atoms. The predicted octanol–water partition coefficient (Wildman–Crippen LogP) is 3.77. The number of ether oxygens (including phenoxy) is 1. The Kier molecular flexibility index (Phi) is 6.78. The molecule has 4 rings (SSSR count). The van der Waals surface area contributed by atoms with Gasteiger partial charge < -0.3 is 20.1 Å². The molecule has 7 heteroatoms. The van der Waals surface area contributed by atoms with E-state index in [0.717, 1.165) is 36.0 Å². The van der Waals surface area contributed by atoms with Crippen LogP contribution in [0.1, 0.15) is 61.3 Å². The molecular weight excluding hydrogens is 416 g/mol. The van der Waals surface area contributed by atoms with Crippen LogP contribution in [0.25, 0.3) is 5.57 Å². The molecule has 164 valence electrons. The number of rotatable bonds is 9. The Morgan fingerprint density at radius 3 is 2.65 bits per heavy atom. The lowest BCUT2D eigenvalue weighted by atomic mass is 9.98. The first-order chi connectivity index (χ1) is 15.0. The summed E-state index contributed by atoms with van der Waals surface area (Å²) >= 11 is 6.48. The number of carbonyl (C=O) groups excluding carboxylic acids is 1. The summed E-state index contributed by atoms with van der Waals surface area (Å²) in [6, 6.07) is 9.29. The number of aromatic nitrogens is 1. The van der Waals surface area contributed by atoms with E-state index in [4.69, 9.17) is 21.4 Å². The molecule has 31 heavy (non-hydrogen) atoms. The third-order valence-electron chi connectivity index (χ3n) is 5.70. The van der Waals surface area contributed by atoms with E-state index in [2.05, 4.69) is 10.3 Å². The summed E-state index contributed by atoms with van der Waals surface area (Å²) in [7, 11) is 0. The summed E-state index contributed by atoms with van der Waals surface area (Å²) in [5, 5.41) is 12.3. The molecule has 2 aromatic rings. The second-order valence-corrected chi connectivity index (χ2v) is 8.56. The van der Waals surface area contributed by atoms with E-state index >= 15 is 0 Å². The van der Waals surface area contributed by atoms with Crippen LogP contribution in [0, 0.1) is 0 Å². The number of hydrogen-bond donors (Lipinski definition) is 3. The van der Waals surface area contributed by atoms with E-state index < -0.39 is 0 Å². The highest BCUT2D eigenvalue weighted by atomic mass is 35.5. The minimum absolute atomic E-state index is 0.0304. The Morgan fingerprint density at radius 2 is 2.00 bits per heavy atom. The third-order valence-corrected chi connectivity index (χ3v) is 5.99. The monoisotopic (exact) mass is 442 g/mol. The van der Waals surface area contributed by atoms with Crippen molar-refractivity contribution in [2.24, 2.45) is 0 Å². The summed E-state index contributed by atoms with van der Waals surface area (Å²) in [6.45, 7) is 0.617. The van der Waals surface area contributed by atoms with Crippen LogP contribution in [0.4, 0.5) is 0 Å². The fraction of sp³-hybridized carbons (Fsp3) is 0.417. The highest BCUT2D eigenvalue weighted by molar-refractivity contribution is 6.32. The SMILES string of the molecule is O=C1CC[C@H](/C=C(\c2ccc(OCCCCO)c(Cl)c2)c2ccc(C3CC3)c(=O)[nH]2)N1. The zero-order valence-electron chi connectivity index (χ0n) is 17.3. The van der Waals surface area contributed by atoms with Crippen molar-refractivity contribution in [2.45, 2.75) is 50.5 Å². The average Bonchev–Trinajstić information content (AvgIpc) is 3.51. The first-order valence-electron chi connectivity index (χ1n) is 10.8. The zero-order chi connectivity index (χ0) is 21.8. The largest absolute Gasteiger partial charge is 0.492 e. The van der Waals surface area contributed by atoms with Crippen LogP contribution >= 0.6 is 11.6 Å². The Balaban J connectivity index is 1.64. The smallest absolute Gasteiger partial charge is 0.251 e. The van der Waals surface area contributed by atoms with Gasteiger partial charge in [0, 0.05) is 35.9 Å². The van der Waals surface area contributed by atoms with Crippen LogP contribution in [0.15, 0.2) is 41.2 Å². The molecule has 1 amide bonds. The van der Waals surface area contributed by atoms with Gasteiger partial charge in [-0.3, -0.25) is 9.59 Å². The summed E-state index contributed by atoms with van der Waals surface area (Å²) in [4.78, 5) is 27.3. The second kappa shape index (κ2) is 9.71. The van der Waals surface area contributed by atoms with E-state index in [1.54, 1.807) is 0 Å². The molecule has 1 saturated carbocycles. The first kappa shape index (κ1) is 21.7. The first-order valence-corrected chi connectivity index (χ1v) is 11.2. The van der Waals surface area contributed by atoms with Gasteiger partial charge in [0.25, 0.3) is 5.56 Å². The number of carbonyl (C=O) groups is 1. The second-order valence-electron chi connectivity index (χ2n) is 8.15. The Bertz CT molecular complexity index is 1040. The van der Waals surface area contributed by atoms with E-state index in [9.17, 15) is 9.59 Å². The zero-order valence-corrected chi connectivity index (χ0v) is 18.1. The van der Waals surface area contributed by atoms with Crippen molar-refractivity contribution in [3.8, 4) is 5.75 Å². The van der Waals surface area contributed by atoms with Crippen LogP contribution in [0.5, 0.6) is 5.75 Å². The van der Waals surface area contributed by atoms with Gasteiger partial charge in [-0.25, -0.2) is 0 Å². The molecule has 2 heterocycles. The number of hydrogen-bond acceptors (Lipinski definition) is 4. The highest BCUT2D eigenvalue weighted by Gasteiger charge is 2.27. The predicted molar refractivity (Wildman–Crippen MR) is 121 cm³/mol. The molecule has 3 N–H and O–H groups in total. The Labute approximate surface area is 186 Å². The fourth-order valence-electron chi connectivity index (χ4n) is 3.84. The topological polar surface area (TPSA) is 91.4 Å². The van der Waals surface area contributed by atoms with Gasteiger partial charge >= 0.3 is 0 Å². The van der Waals surface area contributed by atoms with Gasteiger partial charge in [-0.1, -0.05) is 29.8 Å². The van der Waals surface area contributed by atoms with Crippen molar-refractivity contribution < 1.29 is 14.6 Å². The number of benzene rings is 1. The number of pyridine rings is 1. The molecule has 1 saturated heterocycles. The standard InChI is InChI=1S/C24H27ClN2O4/c25-20-13-16(5-9-22(20)31-12-2-1-11-28)19(14-17-6-10-23(29)26-17)21-8-7-18(15-3-4-15)24(30)27-21/h5,7-9,13-15,17,28H,1-4,6,10-12H2,(H,26,29)(H,27,30)/b19-14+/t17-/m1/s1. The van der Waals surface area contributed by atoms with Gasteiger partial charge in [-0.15, -0.1) is 0 Å². The number of nitrogens with one attached hydrogen (secondary N) is 2. The normalized spacial score (nSPS) is 18.8. The van der Waals surface area contributed by atoms with Crippen LogP contribution in [0.2, 0.25) is 5.02 Å². The molecule has 0 radical (unpaired) electrons. The van der Waals surface area contributed by atoms with E-state index in [0.29, 0.717) is 48.3 Å². The van der Waals surface area contributed by atoms with Gasteiger partial charge in [0.15, 0.2) is 0 Å². The van der Waals surface area contributed by atoms with Crippen molar-refractivity contribution in [3.63, 3.8) is 0 Å². The quantitative estimate of drug-likeness (QED) is 0.515. The average molecular weight is 443 g/mol. The van der Waals surface area contributed by atoms with Crippen molar-refractivity contribution in [3.05, 3.63) is 68.6 Å². The maximum absolute atomic E-state index is 12.6. The molecule has 2 fully saturated rings. The molecule has 1 aliphatic heterocycles. The van der Waals surface area contributed by atoms with Crippen molar-refractivity contribution in [1.29, 1.82) is 0 Å². The maximum Gasteiger partial charge on any atom is 0.251 e. The van der Waals surface area contributed by atoms with Crippen LogP contribution in [-0.2, 0) is 4.79 Å². The van der Waals surface area contributed by atoms with Gasteiger partial charge in [-0.2, -0.15) is 0 Å². The molecule has 2 aliphatic rings. The molecule has 0 unspecified atom stereocenters. The Morgan fingerprint density at radius 1 is 1.16 bits per heavy atom. The molecule has 1 aromatic heterocycles. The maximum atomic E-state index is 12.6. The van der Waals surface area contributed by atoms with Crippen molar-refractivity contribution >= 4 is 23.1 Å². The van der Waals surface area contributed by atoms with Crippen molar-refractivity contribution in [1.82, 2.24) is 10.3 Å². The summed E-state index contributed by atoms with van der Waals surface area (Å²) in [5.41, 5.74) is 3.13. The molecular formula is C24H27ClN2O4. The number of amides is 1. The van der Waals surface area contributed by atoms with Gasteiger partial charge in [0.2, 0.25) is 5.91 Å². The Hall–Kier alpha value is -2.57. The van der Waals surface area contributed by atoms with E-state index in [1.807, 2.05) is 36.4 Å². The lowest BCUT2D eigenvalue weighted by Crippen LogP contribution is -2.23. The lowest BCUT2D eigenvalue weighted by molar-refractivity contribution is -0.119. The van der Waals surface area contributed by atoms with Gasteiger partial charge in [0.1, 0.15) is 5.75 Å². The lowest BCUT2D eigenvalue weighted by Gasteiger charge is -2.15. The summed E-state index contributed by atoms with van der Waals surface area (Å²) in [6.07, 6.45) is 6.75. The molecule has 0 bridgehead atoms. The minimum atomic E-state index is -0.0951. The third kappa shape index (κ3) is 5.38. The van der Waals surface area contributed by atoms with Gasteiger partial charge in [-0.05, 0) is 61.8 Å². The molecule has 1 aromatic carbocycles. The fourth-order valence-corrected chi connectivity index (χ4v) is 4.08. The number of halogens is 1. The van der Waals surface area contributed by atoms with Crippen molar-refractivity contribution in [2.75, 3.05) is 13.2 Å². The van der Waals surface area contributed by atoms with Crippen LogP contribution in [0.3, 0.4) is 0 Å². The molecule has 1 aliphatic carbocycles. The number of aromatic amines is 1. The van der Waals surface area contributed by atoms with Crippen LogP contribution in [-0.4, -0.2) is 35.3 Å². The summed E-state index contributed by atoms with van der Waals surface area (Å²) in [5.74, 6) is 0.980.